The van der Waals surface area contributed by atoms with Crippen molar-refractivity contribution in [3.63, 3.8) is 0 Å². The van der Waals surface area contributed by atoms with Crippen LogP contribution in [0.5, 0.6) is 0 Å². The minimum Gasteiger partial charge on any atom is -0.377 e. The molecule has 3 amide bonds. The predicted molar refractivity (Wildman–Crippen MR) is 106 cm³/mol. The zero-order valence-electron chi connectivity index (χ0n) is 17.1. The maximum atomic E-state index is 11.7. The van der Waals surface area contributed by atoms with Gasteiger partial charge in [-0.3, -0.25) is 19.3 Å². The normalized spacial score (nSPS) is 13.1. The first-order valence-electron chi connectivity index (χ1n) is 9.77. The topological polar surface area (TPSA) is 113 Å². The van der Waals surface area contributed by atoms with Crippen molar-refractivity contribution in [3.8, 4) is 12.3 Å². The highest BCUT2D eigenvalue weighted by Crippen LogP contribution is 2.03. The zero-order chi connectivity index (χ0) is 21.9. The second kappa shape index (κ2) is 17.6. The number of nitrogens with one attached hydrogen (secondary N) is 1. The molecule has 1 N–H and O–H groups in total. The average molecular weight is 426 g/mol. The van der Waals surface area contributed by atoms with Crippen molar-refractivity contribution in [2.45, 2.75) is 6.42 Å². The molecule has 1 aliphatic rings. The van der Waals surface area contributed by atoms with E-state index in [1.54, 1.807) is 0 Å². The Hall–Kier alpha value is -2.29. The number of carbonyl (C=O) groups is 3. The molecule has 0 radical (unpaired) electrons. The molecule has 0 atom stereocenters. The van der Waals surface area contributed by atoms with Gasteiger partial charge in [0, 0.05) is 31.7 Å². The van der Waals surface area contributed by atoms with Gasteiger partial charge in [0.15, 0.2) is 0 Å². The van der Waals surface area contributed by atoms with Crippen LogP contribution in [-0.2, 0) is 38.1 Å². The van der Waals surface area contributed by atoms with Gasteiger partial charge in [-0.25, -0.2) is 0 Å². The first kappa shape index (κ1) is 25.7. The van der Waals surface area contributed by atoms with Crippen LogP contribution in [0.15, 0.2) is 12.2 Å². The van der Waals surface area contributed by atoms with E-state index in [1.807, 2.05) is 0 Å². The highest BCUT2D eigenvalue weighted by Gasteiger charge is 2.23. The molecule has 168 valence electrons. The van der Waals surface area contributed by atoms with Gasteiger partial charge in [0.25, 0.3) is 11.8 Å². The van der Waals surface area contributed by atoms with E-state index in [2.05, 4.69) is 11.2 Å². The van der Waals surface area contributed by atoms with E-state index in [0.717, 1.165) is 4.90 Å². The van der Waals surface area contributed by atoms with Crippen LogP contribution in [-0.4, -0.2) is 102 Å². The summed E-state index contributed by atoms with van der Waals surface area (Å²) in [5.74, 6) is 1.34. The van der Waals surface area contributed by atoms with Crippen molar-refractivity contribution in [1.29, 1.82) is 0 Å². The van der Waals surface area contributed by atoms with Gasteiger partial charge >= 0.3 is 0 Å². The van der Waals surface area contributed by atoms with Gasteiger partial charge in [-0.05, 0) is 0 Å². The SMILES string of the molecule is C#CCOCCOCCOCCOCCOCCNC(=O)CCN1C(=O)C=CC1=O. The van der Waals surface area contributed by atoms with Crippen molar-refractivity contribution in [1.82, 2.24) is 10.2 Å². The molecule has 1 heterocycles. The lowest BCUT2D eigenvalue weighted by molar-refractivity contribution is -0.137. The smallest absolute Gasteiger partial charge is 0.253 e. The van der Waals surface area contributed by atoms with Crippen molar-refractivity contribution >= 4 is 17.7 Å². The first-order valence-corrected chi connectivity index (χ1v) is 9.77. The van der Waals surface area contributed by atoms with Crippen molar-refractivity contribution in [3.05, 3.63) is 12.2 Å². The molecule has 0 saturated heterocycles. The molecule has 0 saturated carbocycles. The second-order valence-corrected chi connectivity index (χ2v) is 5.97. The molecular formula is C20H30N2O8. The van der Waals surface area contributed by atoms with E-state index < -0.39 is 11.8 Å². The van der Waals surface area contributed by atoms with Crippen LogP contribution in [0, 0.1) is 12.3 Å². The lowest BCUT2D eigenvalue weighted by atomic mass is 10.3. The van der Waals surface area contributed by atoms with Crippen LogP contribution >= 0.6 is 0 Å². The fraction of sp³-hybridized carbons (Fsp3) is 0.650. The molecule has 0 aromatic heterocycles. The Morgan fingerprint density at radius 3 is 1.80 bits per heavy atom. The highest BCUT2D eigenvalue weighted by molar-refractivity contribution is 6.13. The summed E-state index contributed by atoms with van der Waals surface area (Å²) in [7, 11) is 0. The van der Waals surface area contributed by atoms with Crippen LogP contribution < -0.4 is 5.32 Å². The average Bonchev–Trinajstić information content (AvgIpc) is 3.06. The molecule has 0 spiro atoms. The number of hydrogen-bond acceptors (Lipinski definition) is 8. The third-order valence-corrected chi connectivity index (χ3v) is 3.71. The van der Waals surface area contributed by atoms with Crippen molar-refractivity contribution in [2.24, 2.45) is 0 Å². The second-order valence-electron chi connectivity index (χ2n) is 5.97. The van der Waals surface area contributed by atoms with Gasteiger partial charge < -0.3 is 29.0 Å². The summed E-state index contributed by atoms with van der Waals surface area (Å²) in [6.07, 6.45) is 7.49. The largest absolute Gasteiger partial charge is 0.377 e. The Morgan fingerprint density at radius 2 is 1.30 bits per heavy atom. The minimum atomic E-state index is -0.392. The summed E-state index contributed by atoms with van der Waals surface area (Å²) >= 11 is 0. The quantitative estimate of drug-likeness (QED) is 0.161. The van der Waals surface area contributed by atoms with E-state index in [9.17, 15) is 14.4 Å². The molecule has 0 bridgehead atoms. The van der Waals surface area contributed by atoms with Gasteiger partial charge in [0.1, 0.15) is 6.61 Å². The monoisotopic (exact) mass is 426 g/mol. The molecule has 0 aliphatic carbocycles. The number of terminal acetylenes is 1. The maximum absolute atomic E-state index is 11.7. The van der Waals surface area contributed by atoms with E-state index in [1.165, 1.54) is 12.2 Å². The lowest BCUT2D eigenvalue weighted by Crippen LogP contribution is -2.35. The van der Waals surface area contributed by atoms with Crippen LogP contribution in [0.2, 0.25) is 0 Å². The molecule has 10 nitrogen and oxygen atoms in total. The standard InChI is InChI=1S/C20H30N2O8/c1-2-8-26-10-12-28-14-16-30-17-15-29-13-11-27-9-6-21-18(23)5-7-22-19(24)3-4-20(22)25/h1,3-4H,5-17H2,(H,21,23). The number of amides is 3. The zero-order valence-corrected chi connectivity index (χ0v) is 17.1. The fourth-order valence-corrected chi connectivity index (χ4v) is 2.23. The third-order valence-electron chi connectivity index (χ3n) is 3.71. The van der Waals surface area contributed by atoms with E-state index >= 15 is 0 Å². The molecule has 30 heavy (non-hydrogen) atoms. The van der Waals surface area contributed by atoms with Crippen LogP contribution in [0.4, 0.5) is 0 Å². The van der Waals surface area contributed by atoms with Crippen LogP contribution in [0.1, 0.15) is 6.42 Å². The van der Waals surface area contributed by atoms with Crippen LogP contribution in [0.25, 0.3) is 0 Å². The summed E-state index contributed by atoms with van der Waals surface area (Å²) in [6, 6.07) is 0. The Morgan fingerprint density at radius 1 is 0.833 bits per heavy atom. The van der Waals surface area contributed by atoms with Gasteiger partial charge in [0.05, 0.1) is 59.5 Å². The number of ether oxygens (including phenoxy) is 5. The van der Waals surface area contributed by atoms with Crippen molar-refractivity contribution in [2.75, 3.05) is 79.2 Å². The minimum absolute atomic E-state index is 0.0624. The predicted octanol–water partition coefficient (Wildman–Crippen LogP) is -0.866. The summed E-state index contributed by atoms with van der Waals surface area (Å²) < 4.78 is 26.4. The van der Waals surface area contributed by atoms with Crippen molar-refractivity contribution < 1.29 is 38.1 Å². The summed E-state index contributed by atoms with van der Waals surface area (Å²) in [6.45, 7) is 4.70. The summed E-state index contributed by atoms with van der Waals surface area (Å²) in [5, 5.41) is 2.66. The molecule has 1 aliphatic heterocycles. The number of carbonyl (C=O) groups excluding carboxylic acids is 3. The Balaban J connectivity index is 1.77. The van der Waals surface area contributed by atoms with Gasteiger partial charge in [0.2, 0.25) is 5.91 Å². The highest BCUT2D eigenvalue weighted by atomic mass is 16.6. The lowest BCUT2D eigenvalue weighted by Gasteiger charge is -2.13. The molecular weight excluding hydrogens is 396 g/mol. The number of hydrogen-bond donors (Lipinski definition) is 1. The number of rotatable bonds is 19. The summed E-state index contributed by atoms with van der Waals surface area (Å²) in [4.78, 5) is 35.4. The number of imide groups is 1. The Kier molecular flexibility index (Phi) is 15.1. The Labute approximate surface area is 176 Å². The molecule has 0 aromatic rings. The molecule has 10 heteroatoms. The first-order chi connectivity index (χ1) is 14.6. The summed E-state index contributed by atoms with van der Waals surface area (Å²) in [5.41, 5.74) is 0. The Bertz CT molecular complexity index is 570. The van der Waals surface area contributed by atoms with Crippen LogP contribution in [0.3, 0.4) is 0 Å². The maximum Gasteiger partial charge on any atom is 0.253 e. The molecule has 0 fully saturated rings. The number of nitrogens with zero attached hydrogens (tertiary/aromatic N) is 1. The fourth-order valence-electron chi connectivity index (χ4n) is 2.23. The van der Waals surface area contributed by atoms with Gasteiger partial charge in [-0.15, -0.1) is 6.42 Å². The van der Waals surface area contributed by atoms with E-state index in [0.29, 0.717) is 72.6 Å². The van der Waals surface area contributed by atoms with Gasteiger partial charge in [-0.2, -0.15) is 0 Å². The molecule has 1 rings (SSSR count). The van der Waals surface area contributed by atoms with Gasteiger partial charge in [-0.1, -0.05) is 5.92 Å². The molecule has 0 aromatic carbocycles. The van der Waals surface area contributed by atoms with E-state index in [4.69, 9.17) is 30.1 Å². The molecule has 0 unspecified atom stereocenters. The third kappa shape index (κ3) is 13.0. The van der Waals surface area contributed by atoms with E-state index in [-0.39, 0.29) is 18.9 Å².